The Morgan fingerprint density at radius 2 is 1.08 bits per heavy atom. The first-order valence-corrected chi connectivity index (χ1v) is 2.45. The fraction of sp³-hybridized carbons (Fsp3) is 0. The van der Waals surface area contributed by atoms with Gasteiger partial charge in [0.05, 0.1) is 0 Å². The van der Waals surface area contributed by atoms with E-state index in [1.54, 1.807) is 0 Å². The van der Waals surface area contributed by atoms with E-state index < -0.39 is 7.82 Å². The topological polar surface area (TPSA) is 66.8 Å². The van der Waals surface area contributed by atoms with Crippen LogP contribution in [-0.2, 0) is 9.29 Å². The first-order chi connectivity index (χ1) is 2.56. The van der Waals surface area contributed by atoms with Crippen molar-refractivity contribution in [1.29, 1.82) is 0 Å². The molecule has 0 saturated carbocycles. The smallest absolute Gasteiger partial charge is 1.00 e. The third-order valence-electron chi connectivity index (χ3n) is 0.0899. The summed E-state index contributed by atoms with van der Waals surface area (Å²) in [5.41, 5.74) is 0. The van der Waals surface area contributed by atoms with Gasteiger partial charge in [0.25, 0.3) is 0 Å². The molecule has 0 aromatic rings. The van der Waals surface area contributed by atoms with E-state index in [1.807, 2.05) is 0 Å². The van der Waals surface area contributed by atoms with Crippen LogP contribution in [0.1, 0.15) is 8.56 Å². The molecular weight excluding hydrogens is 156 g/mol. The van der Waals surface area contributed by atoms with Crippen molar-refractivity contribution in [1.82, 2.24) is 0 Å². The van der Waals surface area contributed by atoms with Gasteiger partial charge in [-0.05, 0) is 4.53 Å². The van der Waals surface area contributed by atoms with Gasteiger partial charge in [-0.15, -0.1) is 0 Å². The average molecular weight is 164 g/mol. The Labute approximate surface area is 151 Å². The average Bonchev–Trinajstić information content (AvgIpc) is 1.35. The van der Waals surface area contributed by atoms with Crippen LogP contribution in [0.4, 0.5) is 4.53 Å². The summed E-state index contributed by atoms with van der Waals surface area (Å²) in [5.74, 6) is 0. The van der Waals surface area contributed by atoms with Gasteiger partial charge in [0.15, 0.2) is 0 Å². The SMILES string of the molecule is O=P(O)(O)OF.[H-].[H-].[H-].[H-].[H-].[H-].[Li+].[Li+].[Li+].[Li+].[Li+].[Li+]. The molecule has 2 N–H and O–H groups in total. The Morgan fingerprint density at radius 1 is 1.00 bits per heavy atom. The molecule has 50 valence electrons. The predicted molar refractivity (Wildman–Crippen MR) is 20.9 cm³/mol. The van der Waals surface area contributed by atoms with E-state index in [1.165, 1.54) is 0 Å². The van der Waals surface area contributed by atoms with Gasteiger partial charge in [0, 0.05) is 0 Å². The standard InChI is InChI=1S/FH2O4P.6Li.6H/c1-5-6(2,3)4;;;;;;;;;;;;/h(H2,2,3,4);;;;;;;;;;;;/q;6*+1;6*-1. The molecule has 0 aliphatic heterocycles. The van der Waals surface area contributed by atoms with Gasteiger partial charge < -0.3 is 18.3 Å². The van der Waals surface area contributed by atoms with Crippen LogP contribution >= 0.6 is 7.82 Å². The van der Waals surface area contributed by atoms with Crippen LogP contribution in [0.25, 0.3) is 0 Å². The van der Waals surface area contributed by atoms with Crippen LogP contribution in [-0.4, -0.2) is 9.79 Å². The van der Waals surface area contributed by atoms with Crippen LogP contribution in [0.2, 0.25) is 0 Å². The number of rotatable bonds is 1. The fourth-order valence-corrected chi connectivity index (χ4v) is 0. The number of hydrogen-bond donors (Lipinski definition) is 2. The Bertz CT molecular complexity index is 100. The molecule has 0 amide bonds. The molecule has 0 aromatic carbocycles. The maximum atomic E-state index is 10.2. The number of hydrogen-bond acceptors (Lipinski definition) is 2. The summed E-state index contributed by atoms with van der Waals surface area (Å²) in [6, 6.07) is 0. The summed E-state index contributed by atoms with van der Waals surface area (Å²) >= 11 is 0. The van der Waals surface area contributed by atoms with E-state index in [0.717, 1.165) is 0 Å². The Morgan fingerprint density at radius 3 is 1.08 bits per heavy atom. The van der Waals surface area contributed by atoms with Crippen LogP contribution in [0.15, 0.2) is 0 Å². The second kappa shape index (κ2) is 24.0. The minimum Gasteiger partial charge on any atom is -1.00 e. The van der Waals surface area contributed by atoms with Gasteiger partial charge >= 0.3 is 121 Å². The third-order valence-corrected chi connectivity index (χ3v) is 0.270. The van der Waals surface area contributed by atoms with Crippen molar-refractivity contribution in [2.24, 2.45) is 0 Å². The van der Waals surface area contributed by atoms with E-state index in [4.69, 9.17) is 14.4 Å². The Balaban J connectivity index is -0.00000000189. The van der Waals surface area contributed by atoms with Gasteiger partial charge in [0.1, 0.15) is 0 Å². The molecular formula is H8FLi6O4P. The first-order valence-electron chi connectivity index (χ1n) is 0.919. The molecule has 12 heteroatoms. The van der Waals surface area contributed by atoms with Crippen molar-refractivity contribution in [3.05, 3.63) is 0 Å². The zero-order chi connectivity index (χ0) is 5.21. The normalized spacial score (nSPS) is 5.92. The maximum absolute atomic E-state index is 10.2. The first kappa shape index (κ1) is 44.9. The number of phosphoric acid groups is 1. The van der Waals surface area contributed by atoms with Gasteiger partial charge in [-0.25, -0.2) is 4.57 Å². The van der Waals surface area contributed by atoms with Crippen LogP contribution in [0.5, 0.6) is 0 Å². The molecule has 0 bridgehead atoms. The van der Waals surface area contributed by atoms with Crippen molar-refractivity contribution in [2.45, 2.75) is 0 Å². The molecule has 0 saturated heterocycles. The fourth-order valence-electron chi connectivity index (χ4n) is 0. The third kappa shape index (κ3) is 49.5. The molecule has 0 aromatic heterocycles. The predicted octanol–water partition coefficient (Wildman–Crippen LogP) is -17.3. The summed E-state index contributed by atoms with van der Waals surface area (Å²) in [5, 5.41) is 0. The second-order valence-corrected chi connectivity index (χ2v) is 1.68. The van der Waals surface area contributed by atoms with Crippen molar-refractivity contribution >= 4 is 7.82 Å². The summed E-state index contributed by atoms with van der Waals surface area (Å²) in [6.07, 6.45) is 0. The molecule has 0 rings (SSSR count). The largest absolute Gasteiger partial charge is 1.00 e. The van der Waals surface area contributed by atoms with Gasteiger partial charge in [-0.2, -0.15) is 0 Å². The van der Waals surface area contributed by atoms with Crippen LogP contribution < -0.4 is 113 Å². The molecule has 0 heterocycles. The minimum absolute atomic E-state index is 0. The van der Waals surface area contributed by atoms with Gasteiger partial charge in [0.2, 0.25) is 0 Å². The van der Waals surface area contributed by atoms with E-state index in [-0.39, 0.29) is 122 Å². The van der Waals surface area contributed by atoms with E-state index in [9.17, 15) is 4.53 Å². The van der Waals surface area contributed by atoms with E-state index >= 15 is 0 Å². The Kier molecular flexibility index (Phi) is 90.0. The van der Waals surface area contributed by atoms with Crippen molar-refractivity contribution in [3.8, 4) is 0 Å². The molecule has 0 atom stereocenters. The minimum atomic E-state index is -4.81. The van der Waals surface area contributed by atoms with Crippen LogP contribution in [0, 0.1) is 0 Å². The van der Waals surface area contributed by atoms with Crippen molar-refractivity contribution in [3.63, 3.8) is 0 Å². The quantitative estimate of drug-likeness (QED) is 0.298. The molecule has 0 aliphatic carbocycles. The second-order valence-electron chi connectivity index (χ2n) is 0.560. The van der Waals surface area contributed by atoms with Crippen molar-refractivity contribution in [2.75, 3.05) is 0 Å². The molecule has 0 spiro atoms. The van der Waals surface area contributed by atoms with E-state index in [0.29, 0.717) is 0 Å². The summed E-state index contributed by atoms with van der Waals surface area (Å²) in [7, 11) is -4.81. The monoisotopic (exact) mass is 164 g/mol. The molecule has 0 radical (unpaired) electrons. The summed E-state index contributed by atoms with van der Waals surface area (Å²) in [6.45, 7) is 0. The molecule has 0 aliphatic rings. The summed E-state index contributed by atoms with van der Waals surface area (Å²) < 4.78 is 21.4. The summed E-state index contributed by atoms with van der Waals surface area (Å²) in [4.78, 5) is 14.7. The number of halogens is 1. The van der Waals surface area contributed by atoms with Gasteiger partial charge in [-0.3, -0.25) is 0 Å². The van der Waals surface area contributed by atoms with Gasteiger partial charge in [-0.1, -0.05) is 4.73 Å². The zero-order valence-corrected chi connectivity index (χ0v) is 9.43. The van der Waals surface area contributed by atoms with Crippen molar-refractivity contribution < 1.29 is 145 Å². The molecule has 0 fully saturated rings. The molecule has 0 unspecified atom stereocenters. The molecule has 12 heavy (non-hydrogen) atoms. The van der Waals surface area contributed by atoms with Crippen LogP contribution in [0.3, 0.4) is 0 Å². The Hall–Kier alpha value is 3.62. The van der Waals surface area contributed by atoms with E-state index in [2.05, 4.69) is 4.73 Å². The maximum Gasteiger partial charge on any atom is 1.00 e. The zero-order valence-electron chi connectivity index (χ0n) is 14.5. The molecule has 4 nitrogen and oxygen atoms in total.